The number of hydrogen-bond donors (Lipinski definition) is 4. The zero-order valence-electron chi connectivity index (χ0n) is 46.5. The van der Waals surface area contributed by atoms with Crippen LogP contribution in [0.1, 0.15) is 127 Å². The molecule has 6 rings (SSSR count). The van der Waals surface area contributed by atoms with Gasteiger partial charge < -0.3 is 34.6 Å². The van der Waals surface area contributed by atoms with Crippen LogP contribution in [0.3, 0.4) is 0 Å². The fourth-order valence-corrected chi connectivity index (χ4v) is 38.5. The van der Waals surface area contributed by atoms with Crippen LogP contribution >= 0.6 is 0 Å². The highest BCUT2D eigenvalue weighted by atomic mass is 33.4. The normalized spacial score (nSPS) is 34.8. The Bertz CT molecular complexity index is 3020. The Balaban J connectivity index is 0.000000589. The van der Waals surface area contributed by atoms with E-state index in [1.54, 1.807) is 99.8 Å². The minimum Gasteiger partial charge on any atom is -0.479 e. The number of Topliss-reactive ketones (excluding diaryl/α,β-unsaturated/α-hetero) is 2. The number of aliphatic hydroxyl groups excluding tert-OH is 3. The zero-order valence-corrected chi connectivity index (χ0v) is 60.4. The molecule has 0 aromatic rings. The van der Waals surface area contributed by atoms with Gasteiger partial charge in [0, 0.05) is 212 Å². The van der Waals surface area contributed by atoms with Gasteiger partial charge in [0.25, 0.3) is 0 Å². The van der Waals surface area contributed by atoms with Gasteiger partial charge in [0.05, 0.1) is 12.2 Å². The maximum Gasteiger partial charge on any atom is 0.490 e. The van der Waals surface area contributed by atoms with E-state index in [2.05, 4.69) is 83.4 Å². The Hall–Kier alpha value is -0.1000. The number of rotatable bonds is 7. The zero-order chi connectivity index (χ0) is 64.5. The van der Waals surface area contributed by atoms with Crippen LogP contribution < -0.4 is 0 Å². The number of esters is 3. The first kappa shape index (κ1) is 82.9. The average molecular weight is 1530 g/mol. The molecule has 13 nitrogen and oxygen atoms in total. The lowest BCUT2D eigenvalue weighted by molar-refractivity contribution is -0.229. The number of carbonyl (C=O) groups is 6. The second kappa shape index (κ2) is 36.4. The first-order valence-corrected chi connectivity index (χ1v) is 45.4. The van der Waals surface area contributed by atoms with E-state index in [0.29, 0.717) is 32.1 Å². The van der Waals surface area contributed by atoms with Crippen molar-refractivity contribution < 1.29 is 89.7 Å². The minimum atomic E-state index is -5.13. The summed E-state index contributed by atoms with van der Waals surface area (Å²) in [5, 5.41) is 39.7. The molecule has 6 saturated carbocycles. The van der Waals surface area contributed by atoms with Crippen LogP contribution in [0.5, 0.6) is 0 Å². The van der Waals surface area contributed by atoms with E-state index in [4.69, 9.17) is 14.6 Å². The standard InChI is InChI=1S/C22H31F3O4.C22H34O5.C4H3F3O4.CH4.S9.S8/c1-6-19(4)11-15(27)20(5)12(2)7-9-21(10-8-14(26)16(20)21)13(3)17(19)29-18(28)22(23,24)25;1-6-20(4)11-16(27-17(25)12-23)21(5)13(2)7-9-22(14(3)19(20)26)10-8-15(24)18(21)22;5-4(6,7)3(10)11-1-2(8)9;;1-3-5-7-9-8-6-4-2;1-3-5-7-8-6-4-2/h6,12-13,15-17,27H,1,7-11H2,2-5H3;6,13-14,16,18-19,23,26H,1,7-12H2,2-5H3;1H2,(H,8,9);1H4;;/t12-,13+,15-,16?,17+,19+,20+,21-;13-,14+,16-,18?,19+,20+,21+,22-;;;;/m11..../s1. The third kappa shape index (κ3) is 20.4. The maximum absolute atomic E-state index is 13.1. The summed E-state index contributed by atoms with van der Waals surface area (Å²) in [7, 11) is 20.0. The van der Waals surface area contributed by atoms with Crippen LogP contribution in [0.15, 0.2) is 25.3 Å². The van der Waals surface area contributed by atoms with E-state index in [1.165, 1.54) is 41.6 Å². The van der Waals surface area contributed by atoms with Gasteiger partial charge in [-0.15, -0.1) is 13.2 Å². The molecule has 0 spiro atoms. The van der Waals surface area contributed by atoms with Crippen molar-refractivity contribution >= 4 is 196 Å². The topological polar surface area (TPSA) is 211 Å². The number of alkyl halides is 6. The molecule has 0 heterocycles. The molecule has 6 aliphatic carbocycles. The van der Waals surface area contributed by atoms with Crippen molar-refractivity contribution in [2.45, 2.75) is 164 Å². The molecule has 0 aromatic heterocycles. The van der Waals surface area contributed by atoms with E-state index in [1.807, 2.05) is 20.8 Å². The van der Waals surface area contributed by atoms with Gasteiger partial charge in [0.2, 0.25) is 0 Å². The molecule has 0 aliphatic heterocycles. The molecule has 16 atom stereocenters. The number of carbonyl (C=O) groups excluding carboxylic acids is 5. The summed E-state index contributed by atoms with van der Waals surface area (Å²) in [5.41, 5.74) is -3.75. The molecule has 0 aromatic carbocycles. The summed E-state index contributed by atoms with van der Waals surface area (Å²) < 4.78 is 87.0. The minimum absolute atomic E-state index is 0. The molecule has 0 amide bonds. The van der Waals surface area contributed by atoms with Crippen molar-refractivity contribution in [3.8, 4) is 0 Å². The Morgan fingerprint density at radius 1 is 0.624 bits per heavy atom. The van der Waals surface area contributed by atoms with Crippen LogP contribution in [0.25, 0.3) is 0 Å². The van der Waals surface area contributed by atoms with E-state index in [9.17, 15) is 70.4 Å². The average Bonchev–Trinajstić information content (AvgIpc) is 1.95. The first-order chi connectivity index (χ1) is 39.0. The van der Waals surface area contributed by atoms with Gasteiger partial charge in [-0.3, -0.25) is 9.59 Å². The number of ketones is 2. The molecule has 4 N–H and O–H groups in total. The van der Waals surface area contributed by atoms with Crippen molar-refractivity contribution in [1.82, 2.24) is 0 Å². The lowest BCUT2D eigenvalue weighted by Crippen LogP contribution is -2.63. The van der Waals surface area contributed by atoms with Crippen LogP contribution in [0.4, 0.5) is 26.3 Å². The molecule has 6 fully saturated rings. The van der Waals surface area contributed by atoms with Gasteiger partial charge in [0.15, 0.2) is 6.61 Å². The van der Waals surface area contributed by atoms with Gasteiger partial charge in [-0.1, -0.05) is 75.0 Å². The predicted molar refractivity (Wildman–Crippen MR) is 359 cm³/mol. The molecule has 490 valence electrons. The number of carboxylic acids is 1. The van der Waals surface area contributed by atoms with Gasteiger partial charge in [-0.2, -0.15) is 26.3 Å². The molecule has 85 heavy (non-hydrogen) atoms. The van der Waals surface area contributed by atoms with Gasteiger partial charge in [-0.05, 0) is 80.0 Å². The highest BCUT2D eigenvalue weighted by molar-refractivity contribution is 8.72. The van der Waals surface area contributed by atoms with Crippen LogP contribution in [-0.2, 0) is 203 Å². The summed E-state index contributed by atoms with van der Waals surface area (Å²) in [6, 6.07) is 0. The largest absolute Gasteiger partial charge is 0.490 e. The molecule has 0 radical (unpaired) electrons. The summed E-state index contributed by atoms with van der Waals surface area (Å²) in [6.07, 6.45) is -4.29. The maximum atomic E-state index is 13.1. The molecule has 6 aliphatic rings. The molecular weight excluding hydrogens is 1460 g/mol. The van der Waals surface area contributed by atoms with Crippen LogP contribution in [0.2, 0.25) is 0 Å². The number of aliphatic hydroxyl groups is 3. The van der Waals surface area contributed by atoms with Crippen molar-refractivity contribution in [3.63, 3.8) is 0 Å². The summed E-state index contributed by atoms with van der Waals surface area (Å²) >= 11 is 18.5. The lowest BCUT2D eigenvalue weighted by Gasteiger charge is -2.61. The highest BCUT2D eigenvalue weighted by Gasteiger charge is 2.70. The van der Waals surface area contributed by atoms with Crippen molar-refractivity contribution in [2.75, 3.05) is 13.2 Å². The number of aliphatic carboxylic acids is 1. The fraction of sp³-hybridized carbons (Fsp3) is 0.796. The number of carboxylic acid groups (broad SMARTS) is 1. The van der Waals surface area contributed by atoms with E-state index in [-0.39, 0.29) is 54.5 Å². The third-order valence-electron chi connectivity index (χ3n) is 18.3. The monoisotopic (exact) mass is 1530 g/mol. The molecule has 0 saturated heterocycles. The lowest BCUT2D eigenvalue weighted by atomic mass is 9.44. The predicted octanol–water partition coefficient (Wildman–Crippen LogP) is 8.11. The quantitative estimate of drug-likeness (QED) is 0.0821. The SMILES string of the molecule is C.C=C[C@@]1(C)C[C@@H](O)[C@@]2(C)C3C(=O)CC[C@]3(CC[C@H]2C)[C@@H](C)[C@@H]1OC(=O)C(F)(F)F.C=C[C@@]1(C)C[C@@H](OC(=O)CO)[C@@]2(C)C3C(=O)CC[C@]3(CC[C@H]2C)[C@@H](C)[C@@H]1O.O=C(O)COC(=O)C(F)(F)F.S=S=S=S=S=S=S=S.S=S=S=S=S=S=S=S=S. The first-order valence-electron chi connectivity index (χ1n) is 25.4. The van der Waals surface area contributed by atoms with Crippen LogP contribution in [-0.4, -0.2) is 106 Å². The van der Waals surface area contributed by atoms with E-state index >= 15 is 0 Å². The summed E-state index contributed by atoms with van der Waals surface area (Å²) in [4.78, 5) is 69.3. The number of hydrogen-bond acceptors (Lipinski definition) is 16. The van der Waals surface area contributed by atoms with E-state index in [0.717, 1.165) is 25.7 Å². The summed E-state index contributed by atoms with van der Waals surface area (Å²) in [6.45, 7) is 21.5. The van der Waals surface area contributed by atoms with Crippen molar-refractivity contribution in [2.24, 2.45) is 68.0 Å². The molecule has 2 unspecified atom stereocenters. The van der Waals surface area contributed by atoms with E-state index < -0.39 is 113 Å². The fourth-order valence-electron chi connectivity index (χ4n) is 13.8. The number of ether oxygens (including phenoxy) is 3. The third-order valence-corrected chi connectivity index (χ3v) is 42.8. The van der Waals surface area contributed by atoms with Crippen molar-refractivity contribution in [3.05, 3.63) is 25.3 Å². The molecule has 4 bridgehead atoms. The molecular formula is C49H72F6O13S17. The Labute approximate surface area is 549 Å². The Kier molecular flexibility index (Phi) is 35.5. The highest BCUT2D eigenvalue weighted by Crippen LogP contribution is 2.69. The van der Waals surface area contributed by atoms with Crippen LogP contribution in [0, 0.1) is 68.0 Å². The smallest absolute Gasteiger partial charge is 0.479 e. The van der Waals surface area contributed by atoms with Gasteiger partial charge in [0.1, 0.15) is 30.4 Å². The van der Waals surface area contributed by atoms with Crippen molar-refractivity contribution in [1.29, 1.82) is 0 Å². The van der Waals surface area contributed by atoms with Gasteiger partial charge in [-0.25, -0.2) is 19.2 Å². The summed E-state index contributed by atoms with van der Waals surface area (Å²) in [5.74, 6) is -7.67. The Morgan fingerprint density at radius 3 is 1.41 bits per heavy atom. The second-order valence-electron chi connectivity index (χ2n) is 22.1. The number of halogens is 6. The Morgan fingerprint density at radius 2 is 1.02 bits per heavy atom. The molecule has 36 heteroatoms. The van der Waals surface area contributed by atoms with Gasteiger partial charge >= 0.3 is 36.2 Å². The second-order valence-corrected chi connectivity index (χ2v) is 45.1.